The van der Waals surface area contributed by atoms with E-state index in [0.717, 1.165) is 12.0 Å². The summed E-state index contributed by atoms with van der Waals surface area (Å²) in [5.74, 6) is 0.863. The van der Waals surface area contributed by atoms with Gasteiger partial charge in [0.15, 0.2) is 0 Å². The van der Waals surface area contributed by atoms with Crippen LogP contribution in [0.25, 0.3) is 0 Å². The van der Waals surface area contributed by atoms with Gasteiger partial charge in [0.25, 0.3) is 0 Å². The zero-order chi connectivity index (χ0) is 13.1. The Morgan fingerprint density at radius 1 is 1.16 bits per heavy atom. The molecule has 19 heavy (non-hydrogen) atoms. The molecule has 2 aliphatic rings. The summed E-state index contributed by atoms with van der Waals surface area (Å²) in [5.41, 5.74) is 1.46. The van der Waals surface area contributed by atoms with Gasteiger partial charge in [0.2, 0.25) is 0 Å². The molecule has 2 saturated heterocycles. The lowest BCUT2D eigenvalue weighted by atomic mass is 9.88. The van der Waals surface area contributed by atoms with Gasteiger partial charge in [0, 0.05) is 18.6 Å². The van der Waals surface area contributed by atoms with Crippen molar-refractivity contribution >= 4 is 0 Å². The van der Waals surface area contributed by atoms with Crippen LogP contribution in [0.4, 0.5) is 0 Å². The molecule has 0 bridgehead atoms. The van der Waals surface area contributed by atoms with Crippen molar-refractivity contribution < 1.29 is 0 Å². The fourth-order valence-electron chi connectivity index (χ4n) is 3.78. The highest BCUT2D eigenvalue weighted by Crippen LogP contribution is 2.30. The van der Waals surface area contributed by atoms with E-state index in [4.69, 9.17) is 0 Å². The van der Waals surface area contributed by atoms with Crippen LogP contribution in [-0.4, -0.2) is 30.6 Å². The lowest BCUT2D eigenvalue weighted by molar-refractivity contribution is 0.115. The Bertz CT molecular complexity index is 384. The Labute approximate surface area is 117 Å². The summed E-state index contributed by atoms with van der Waals surface area (Å²) < 4.78 is 0. The van der Waals surface area contributed by atoms with Crippen molar-refractivity contribution in [1.29, 1.82) is 0 Å². The molecule has 2 heteroatoms. The lowest BCUT2D eigenvalue weighted by Gasteiger charge is -2.39. The van der Waals surface area contributed by atoms with Crippen LogP contribution in [0.5, 0.6) is 0 Å². The second-order valence-corrected chi connectivity index (χ2v) is 6.19. The van der Waals surface area contributed by atoms with Gasteiger partial charge in [-0.25, -0.2) is 0 Å². The molecule has 1 N–H and O–H groups in total. The van der Waals surface area contributed by atoms with Gasteiger partial charge in [-0.3, -0.25) is 4.90 Å². The van der Waals surface area contributed by atoms with E-state index in [-0.39, 0.29) is 0 Å². The highest BCUT2D eigenvalue weighted by atomic mass is 15.2. The molecule has 0 amide bonds. The van der Waals surface area contributed by atoms with E-state index < -0.39 is 0 Å². The van der Waals surface area contributed by atoms with E-state index in [1.165, 1.54) is 50.9 Å². The fourth-order valence-corrected chi connectivity index (χ4v) is 3.78. The number of nitrogens with zero attached hydrogens (tertiary/aromatic N) is 1. The zero-order valence-corrected chi connectivity index (χ0v) is 12.0. The van der Waals surface area contributed by atoms with E-state index in [1.807, 2.05) is 0 Å². The van der Waals surface area contributed by atoms with Gasteiger partial charge in [-0.05, 0) is 57.2 Å². The molecule has 0 radical (unpaired) electrons. The van der Waals surface area contributed by atoms with E-state index in [2.05, 4.69) is 47.5 Å². The highest BCUT2D eigenvalue weighted by Gasteiger charge is 2.30. The van der Waals surface area contributed by atoms with E-state index in [0.29, 0.717) is 6.04 Å². The monoisotopic (exact) mass is 258 g/mol. The predicted octanol–water partition coefficient (Wildman–Crippen LogP) is 3.21. The standard InChI is InChI=1S/C17H26N2/c1-14(15-7-3-2-4-8-15)19-12-6-9-16(13-19)17-10-5-11-18-17/h2-4,7-8,14,16-18H,5-6,9-13H2,1H3. The number of piperidine rings is 1. The summed E-state index contributed by atoms with van der Waals surface area (Å²) in [5, 5.41) is 3.70. The van der Waals surface area contributed by atoms with E-state index >= 15 is 0 Å². The first-order chi connectivity index (χ1) is 9.34. The summed E-state index contributed by atoms with van der Waals surface area (Å²) in [7, 11) is 0. The molecule has 3 atom stereocenters. The van der Waals surface area contributed by atoms with Crippen molar-refractivity contribution in [2.75, 3.05) is 19.6 Å². The maximum atomic E-state index is 3.70. The average molecular weight is 258 g/mol. The van der Waals surface area contributed by atoms with Crippen LogP contribution in [0.1, 0.15) is 44.2 Å². The first-order valence-corrected chi connectivity index (χ1v) is 7.87. The molecule has 2 heterocycles. The molecule has 0 spiro atoms. The van der Waals surface area contributed by atoms with Crippen LogP contribution < -0.4 is 5.32 Å². The van der Waals surface area contributed by atoms with Crippen molar-refractivity contribution in [3.05, 3.63) is 35.9 Å². The molecule has 0 aliphatic carbocycles. The van der Waals surface area contributed by atoms with Gasteiger partial charge in [-0.15, -0.1) is 0 Å². The number of hydrogen-bond acceptors (Lipinski definition) is 2. The average Bonchev–Trinajstić information content (AvgIpc) is 3.02. The summed E-state index contributed by atoms with van der Waals surface area (Å²) >= 11 is 0. The maximum Gasteiger partial charge on any atom is 0.0320 e. The molecular formula is C17H26N2. The van der Waals surface area contributed by atoms with Crippen molar-refractivity contribution in [2.24, 2.45) is 5.92 Å². The Balaban J connectivity index is 1.64. The first kappa shape index (κ1) is 13.1. The van der Waals surface area contributed by atoms with Gasteiger partial charge in [0.1, 0.15) is 0 Å². The molecule has 1 aromatic carbocycles. The molecule has 1 aromatic rings. The molecule has 2 fully saturated rings. The van der Waals surface area contributed by atoms with Crippen molar-refractivity contribution in [2.45, 2.75) is 44.7 Å². The second kappa shape index (κ2) is 6.06. The third-order valence-corrected chi connectivity index (χ3v) is 4.99. The summed E-state index contributed by atoms with van der Waals surface area (Å²) in [4.78, 5) is 2.68. The number of hydrogen-bond donors (Lipinski definition) is 1. The van der Waals surface area contributed by atoms with Crippen LogP contribution in [-0.2, 0) is 0 Å². The summed E-state index contributed by atoms with van der Waals surface area (Å²) in [6.07, 6.45) is 5.53. The highest BCUT2D eigenvalue weighted by molar-refractivity contribution is 5.18. The molecule has 2 aliphatic heterocycles. The SMILES string of the molecule is CC(c1ccccc1)N1CCCC(C2CCCN2)C1. The van der Waals surface area contributed by atoms with Crippen LogP contribution in [0.2, 0.25) is 0 Å². The van der Waals surface area contributed by atoms with Crippen LogP contribution in [0, 0.1) is 5.92 Å². The minimum atomic E-state index is 0.561. The third-order valence-electron chi connectivity index (χ3n) is 4.99. The summed E-state index contributed by atoms with van der Waals surface area (Å²) in [6.45, 7) is 6.13. The Hall–Kier alpha value is -0.860. The molecule has 0 aromatic heterocycles. The minimum Gasteiger partial charge on any atom is -0.314 e. The van der Waals surface area contributed by atoms with Crippen molar-refractivity contribution in [3.8, 4) is 0 Å². The maximum absolute atomic E-state index is 3.70. The third kappa shape index (κ3) is 3.01. The molecule has 0 saturated carbocycles. The predicted molar refractivity (Wildman–Crippen MR) is 80.2 cm³/mol. The second-order valence-electron chi connectivity index (χ2n) is 6.19. The van der Waals surface area contributed by atoms with Crippen LogP contribution >= 0.6 is 0 Å². The van der Waals surface area contributed by atoms with E-state index in [1.54, 1.807) is 0 Å². The van der Waals surface area contributed by atoms with Crippen molar-refractivity contribution in [1.82, 2.24) is 10.2 Å². The number of rotatable bonds is 3. The Morgan fingerprint density at radius 2 is 2.00 bits per heavy atom. The fraction of sp³-hybridized carbons (Fsp3) is 0.647. The molecule has 3 unspecified atom stereocenters. The van der Waals surface area contributed by atoms with Gasteiger partial charge in [-0.2, -0.15) is 0 Å². The molecular weight excluding hydrogens is 232 g/mol. The number of nitrogens with one attached hydrogen (secondary N) is 1. The minimum absolute atomic E-state index is 0.561. The van der Waals surface area contributed by atoms with E-state index in [9.17, 15) is 0 Å². The van der Waals surface area contributed by atoms with Gasteiger partial charge < -0.3 is 5.32 Å². The van der Waals surface area contributed by atoms with Gasteiger partial charge in [-0.1, -0.05) is 30.3 Å². The van der Waals surface area contributed by atoms with Gasteiger partial charge >= 0.3 is 0 Å². The smallest absolute Gasteiger partial charge is 0.0320 e. The number of likely N-dealkylation sites (tertiary alicyclic amines) is 1. The molecule has 2 nitrogen and oxygen atoms in total. The lowest BCUT2D eigenvalue weighted by Crippen LogP contribution is -2.44. The van der Waals surface area contributed by atoms with Crippen molar-refractivity contribution in [3.63, 3.8) is 0 Å². The van der Waals surface area contributed by atoms with Crippen LogP contribution in [0.3, 0.4) is 0 Å². The Morgan fingerprint density at radius 3 is 2.74 bits per heavy atom. The van der Waals surface area contributed by atoms with Crippen LogP contribution in [0.15, 0.2) is 30.3 Å². The topological polar surface area (TPSA) is 15.3 Å². The first-order valence-electron chi connectivity index (χ1n) is 7.87. The molecule has 3 rings (SSSR count). The normalized spacial score (nSPS) is 30.4. The zero-order valence-electron chi connectivity index (χ0n) is 12.0. The van der Waals surface area contributed by atoms with Gasteiger partial charge in [0.05, 0.1) is 0 Å². The largest absolute Gasteiger partial charge is 0.314 e. The number of benzene rings is 1. The summed E-state index contributed by atoms with van der Waals surface area (Å²) in [6, 6.07) is 12.3. The quantitative estimate of drug-likeness (QED) is 0.895. The Kier molecular flexibility index (Phi) is 4.19. The molecule has 104 valence electrons.